The van der Waals surface area contributed by atoms with Crippen molar-refractivity contribution in [2.75, 3.05) is 24.3 Å². The smallest absolute Gasteiger partial charge is 0.0630 e. The van der Waals surface area contributed by atoms with E-state index in [0.29, 0.717) is 17.9 Å². The number of benzene rings is 3. The lowest BCUT2D eigenvalue weighted by Gasteiger charge is -2.37. The molecule has 0 saturated heterocycles. The Balaban J connectivity index is 1.34. The summed E-state index contributed by atoms with van der Waals surface area (Å²) in [5, 5.41) is 3.82. The SMILES string of the molecule is Cc1ccc2c(c1)[C@@H]1C=CC[C@@H]1[C@@H](c1ccc(N=Cc3ccc(N(C)C)cc3)cc1)N2. The molecule has 1 aliphatic heterocycles. The highest BCUT2D eigenvalue weighted by molar-refractivity contribution is 5.82. The first-order valence-electron chi connectivity index (χ1n) is 11.0. The highest BCUT2D eigenvalue weighted by Crippen LogP contribution is 2.50. The van der Waals surface area contributed by atoms with E-state index in [2.05, 4.69) is 115 Å². The third kappa shape index (κ3) is 3.88. The molecule has 0 saturated carbocycles. The molecular formula is C28H29N3. The van der Waals surface area contributed by atoms with Crippen LogP contribution in [0.5, 0.6) is 0 Å². The largest absolute Gasteiger partial charge is 0.378 e. The number of hydrogen-bond acceptors (Lipinski definition) is 3. The van der Waals surface area contributed by atoms with E-state index >= 15 is 0 Å². The third-order valence-corrected chi connectivity index (χ3v) is 6.54. The number of aryl methyl sites for hydroxylation is 1. The average molecular weight is 408 g/mol. The first-order valence-corrected chi connectivity index (χ1v) is 11.0. The summed E-state index contributed by atoms with van der Waals surface area (Å²) in [6.45, 7) is 2.18. The quantitative estimate of drug-likeness (QED) is 0.388. The number of rotatable bonds is 4. The van der Waals surface area contributed by atoms with Crippen molar-refractivity contribution in [3.8, 4) is 0 Å². The molecule has 3 nitrogen and oxygen atoms in total. The second-order valence-corrected chi connectivity index (χ2v) is 8.90. The fourth-order valence-corrected chi connectivity index (χ4v) is 4.82. The van der Waals surface area contributed by atoms with Crippen molar-refractivity contribution in [1.82, 2.24) is 0 Å². The van der Waals surface area contributed by atoms with Crippen LogP contribution in [0.4, 0.5) is 17.1 Å². The van der Waals surface area contributed by atoms with Crippen LogP contribution in [-0.2, 0) is 0 Å². The van der Waals surface area contributed by atoms with Crippen molar-refractivity contribution in [3.05, 3.63) is 101 Å². The summed E-state index contributed by atoms with van der Waals surface area (Å²) in [7, 11) is 4.10. The predicted octanol–water partition coefficient (Wildman–Crippen LogP) is 6.64. The second kappa shape index (κ2) is 8.07. The zero-order valence-corrected chi connectivity index (χ0v) is 18.4. The average Bonchev–Trinajstić information content (AvgIpc) is 3.28. The number of aliphatic imine (C=N–C) groups is 1. The maximum absolute atomic E-state index is 4.68. The Labute approximate surface area is 185 Å². The van der Waals surface area contributed by atoms with Crippen LogP contribution in [0.1, 0.15) is 40.6 Å². The van der Waals surface area contributed by atoms with Gasteiger partial charge in [0, 0.05) is 37.6 Å². The Bertz CT molecular complexity index is 1120. The van der Waals surface area contributed by atoms with E-state index in [1.807, 2.05) is 6.21 Å². The summed E-state index contributed by atoms with van der Waals surface area (Å²) >= 11 is 0. The van der Waals surface area contributed by atoms with Gasteiger partial charge in [-0.2, -0.15) is 0 Å². The first kappa shape index (κ1) is 19.6. The molecule has 0 unspecified atom stereocenters. The van der Waals surface area contributed by atoms with Gasteiger partial charge < -0.3 is 10.2 Å². The maximum Gasteiger partial charge on any atom is 0.0630 e. The van der Waals surface area contributed by atoms with Gasteiger partial charge in [-0.3, -0.25) is 4.99 Å². The Kier molecular flexibility index (Phi) is 5.11. The summed E-state index contributed by atoms with van der Waals surface area (Å²) in [5.41, 5.74) is 8.65. The van der Waals surface area contributed by atoms with Crippen LogP contribution in [0.3, 0.4) is 0 Å². The van der Waals surface area contributed by atoms with E-state index in [0.717, 1.165) is 17.7 Å². The fraction of sp³-hybridized carbons (Fsp3) is 0.250. The van der Waals surface area contributed by atoms with Crippen molar-refractivity contribution < 1.29 is 0 Å². The van der Waals surface area contributed by atoms with E-state index in [9.17, 15) is 0 Å². The Hall–Kier alpha value is -3.33. The molecule has 0 fully saturated rings. The molecular weight excluding hydrogens is 378 g/mol. The Morgan fingerprint density at radius 1 is 0.968 bits per heavy atom. The summed E-state index contributed by atoms with van der Waals surface area (Å²) in [4.78, 5) is 6.78. The van der Waals surface area contributed by atoms with Crippen molar-refractivity contribution in [2.24, 2.45) is 10.9 Å². The van der Waals surface area contributed by atoms with Gasteiger partial charge in [0.05, 0.1) is 11.7 Å². The van der Waals surface area contributed by atoms with Crippen molar-refractivity contribution in [1.29, 1.82) is 0 Å². The van der Waals surface area contributed by atoms with Gasteiger partial charge >= 0.3 is 0 Å². The second-order valence-electron chi connectivity index (χ2n) is 8.90. The predicted molar refractivity (Wildman–Crippen MR) is 132 cm³/mol. The van der Waals surface area contributed by atoms with Crippen molar-refractivity contribution >= 4 is 23.3 Å². The molecule has 31 heavy (non-hydrogen) atoms. The standard InChI is InChI=1S/C28H29N3/c1-19-7-16-27-26(17-19)24-5-4-6-25(24)28(30-27)21-10-12-22(13-11-21)29-18-20-8-14-23(15-9-20)31(2)3/h4-5,7-18,24-25,28,30H,6H2,1-3H3/t24-,25+,28-/m1/s1. The van der Waals surface area contributed by atoms with Crippen molar-refractivity contribution in [3.63, 3.8) is 0 Å². The molecule has 2 aliphatic rings. The zero-order chi connectivity index (χ0) is 21.4. The fourth-order valence-electron chi connectivity index (χ4n) is 4.82. The molecule has 5 rings (SSSR count). The lowest BCUT2D eigenvalue weighted by atomic mass is 9.76. The van der Waals surface area contributed by atoms with Gasteiger partial charge in [-0.05, 0) is 66.3 Å². The summed E-state index contributed by atoms with van der Waals surface area (Å²) in [6, 6.07) is 24.3. The molecule has 156 valence electrons. The van der Waals surface area contributed by atoms with Crippen LogP contribution >= 0.6 is 0 Å². The summed E-state index contributed by atoms with van der Waals surface area (Å²) < 4.78 is 0. The van der Waals surface area contributed by atoms with Gasteiger partial charge in [0.25, 0.3) is 0 Å². The van der Waals surface area contributed by atoms with Crippen LogP contribution in [0.2, 0.25) is 0 Å². The number of hydrogen-bond donors (Lipinski definition) is 1. The number of anilines is 2. The Morgan fingerprint density at radius 2 is 1.74 bits per heavy atom. The molecule has 3 heteroatoms. The van der Waals surface area contributed by atoms with E-state index in [1.54, 1.807) is 0 Å². The molecule has 1 N–H and O–H groups in total. The number of fused-ring (bicyclic) bond motifs is 3. The van der Waals surface area contributed by atoms with E-state index in [4.69, 9.17) is 0 Å². The maximum atomic E-state index is 4.68. The minimum atomic E-state index is 0.326. The molecule has 1 heterocycles. The third-order valence-electron chi connectivity index (χ3n) is 6.54. The molecule has 3 aromatic carbocycles. The molecule has 3 aromatic rings. The van der Waals surface area contributed by atoms with Crippen LogP contribution < -0.4 is 10.2 Å². The van der Waals surface area contributed by atoms with Crippen molar-refractivity contribution in [2.45, 2.75) is 25.3 Å². The van der Waals surface area contributed by atoms with E-state index in [-0.39, 0.29) is 0 Å². The monoisotopic (exact) mass is 407 g/mol. The topological polar surface area (TPSA) is 27.6 Å². The summed E-state index contributed by atoms with van der Waals surface area (Å²) in [5.74, 6) is 1.07. The van der Waals surface area contributed by atoms with Gasteiger partial charge in [0.1, 0.15) is 0 Å². The molecule has 0 amide bonds. The molecule has 1 aliphatic carbocycles. The van der Waals surface area contributed by atoms with Crippen LogP contribution in [0, 0.1) is 12.8 Å². The molecule has 0 spiro atoms. The van der Waals surface area contributed by atoms with Crippen LogP contribution in [-0.4, -0.2) is 20.3 Å². The first-order chi connectivity index (χ1) is 15.1. The number of allylic oxidation sites excluding steroid dienone is 2. The number of nitrogens with one attached hydrogen (secondary N) is 1. The molecule has 3 atom stereocenters. The van der Waals surface area contributed by atoms with Crippen LogP contribution in [0.25, 0.3) is 0 Å². The van der Waals surface area contributed by atoms with E-state index < -0.39 is 0 Å². The Morgan fingerprint density at radius 3 is 2.48 bits per heavy atom. The zero-order valence-electron chi connectivity index (χ0n) is 18.4. The molecule has 0 aromatic heterocycles. The highest BCUT2D eigenvalue weighted by atomic mass is 15.1. The molecule has 0 bridgehead atoms. The van der Waals surface area contributed by atoms with Gasteiger partial charge in [-0.15, -0.1) is 0 Å². The number of nitrogens with zero attached hydrogens (tertiary/aromatic N) is 2. The van der Waals surface area contributed by atoms with Gasteiger partial charge in [0.2, 0.25) is 0 Å². The van der Waals surface area contributed by atoms with Crippen LogP contribution in [0.15, 0.2) is 83.9 Å². The van der Waals surface area contributed by atoms with Gasteiger partial charge in [-0.25, -0.2) is 0 Å². The highest BCUT2D eigenvalue weighted by Gasteiger charge is 2.37. The van der Waals surface area contributed by atoms with Gasteiger partial charge in [-0.1, -0.05) is 54.1 Å². The summed E-state index contributed by atoms with van der Waals surface area (Å²) in [6.07, 6.45) is 7.81. The minimum Gasteiger partial charge on any atom is -0.378 e. The van der Waals surface area contributed by atoms with E-state index in [1.165, 1.54) is 28.1 Å². The lowest BCUT2D eigenvalue weighted by molar-refractivity contribution is 0.425. The normalized spacial score (nSPS) is 21.6. The lowest BCUT2D eigenvalue weighted by Crippen LogP contribution is -2.29. The molecule has 0 radical (unpaired) electrons. The minimum absolute atomic E-state index is 0.326. The van der Waals surface area contributed by atoms with Gasteiger partial charge in [0.15, 0.2) is 0 Å².